The second kappa shape index (κ2) is 7.81. The molecule has 0 spiro atoms. The number of nitrogens with zero attached hydrogens (tertiary/aromatic N) is 3. The van der Waals surface area contributed by atoms with Gasteiger partial charge in [-0.1, -0.05) is 30.3 Å². The first kappa shape index (κ1) is 17.1. The van der Waals surface area contributed by atoms with Crippen molar-refractivity contribution in [3.05, 3.63) is 53.9 Å². The highest BCUT2D eigenvalue weighted by Crippen LogP contribution is 2.05. The molecule has 1 aromatic carbocycles. The Morgan fingerprint density at radius 2 is 1.91 bits per heavy atom. The molecule has 0 aliphatic heterocycles. The summed E-state index contributed by atoms with van der Waals surface area (Å²) in [6.45, 7) is 10.7. The second-order valence-corrected chi connectivity index (χ2v) is 6.60. The number of hydrogen-bond donors (Lipinski definition) is 2. The summed E-state index contributed by atoms with van der Waals surface area (Å²) in [7, 11) is 0. The van der Waals surface area contributed by atoms with E-state index in [-0.39, 0.29) is 5.54 Å². The third-order valence-corrected chi connectivity index (χ3v) is 3.13. The van der Waals surface area contributed by atoms with Gasteiger partial charge in [0.05, 0.1) is 19.3 Å². The Bertz CT molecular complexity index is 622. The van der Waals surface area contributed by atoms with Gasteiger partial charge in [-0.3, -0.25) is 4.68 Å². The average molecular weight is 313 g/mol. The van der Waals surface area contributed by atoms with Crippen molar-refractivity contribution in [2.75, 3.05) is 6.54 Å². The van der Waals surface area contributed by atoms with Gasteiger partial charge in [-0.05, 0) is 33.3 Å². The molecule has 0 saturated carbocycles. The van der Waals surface area contributed by atoms with Crippen molar-refractivity contribution in [3.8, 4) is 0 Å². The molecule has 5 nitrogen and oxygen atoms in total. The molecule has 0 bridgehead atoms. The summed E-state index contributed by atoms with van der Waals surface area (Å²) >= 11 is 0. The van der Waals surface area contributed by atoms with Gasteiger partial charge in [0, 0.05) is 23.8 Å². The van der Waals surface area contributed by atoms with E-state index >= 15 is 0 Å². The van der Waals surface area contributed by atoms with Crippen molar-refractivity contribution < 1.29 is 0 Å². The average Bonchev–Trinajstić information content (AvgIpc) is 2.92. The van der Waals surface area contributed by atoms with E-state index in [1.165, 1.54) is 5.56 Å². The first-order valence-electron chi connectivity index (χ1n) is 8.08. The van der Waals surface area contributed by atoms with Gasteiger partial charge in [-0.15, -0.1) is 0 Å². The van der Waals surface area contributed by atoms with E-state index in [1.807, 2.05) is 29.1 Å². The Morgan fingerprint density at radius 3 is 2.57 bits per heavy atom. The third kappa shape index (κ3) is 6.14. The number of aromatic nitrogens is 2. The van der Waals surface area contributed by atoms with Crippen molar-refractivity contribution in [1.29, 1.82) is 0 Å². The van der Waals surface area contributed by atoms with Crippen molar-refractivity contribution in [2.45, 2.75) is 46.3 Å². The fourth-order valence-corrected chi connectivity index (χ4v) is 2.18. The molecule has 0 aliphatic rings. The van der Waals surface area contributed by atoms with Crippen LogP contribution < -0.4 is 10.6 Å². The monoisotopic (exact) mass is 313 g/mol. The maximum Gasteiger partial charge on any atom is 0.191 e. The largest absolute Gasteiger partial charge is 0.357 e. The lowest BCUT2D eigenvalue weighted by molar-refractivity contribution is 0.501. The van der Waals surface area contributed by atoms with E-state index in [0.717, 1.165) is 24.6 Å². The second-order valence-electron chi connectivity index (χ2n) is 6.60. The van der Waals surface area contributed by atoms with Crippen molar-refractivity contribution in [3.63, 3.8) is 0 Å². The number of benzene rings is 1. The standard InChI is InChI=1S/C18H27N5/c1-5-19-17(22-18(2,3)4)20-11-16-12-21-23(14-16)13-15-9-7-6-8-10-15/h6-10,12,14H,5,11,13H2,1-4H3,(H2,19,20,22). The maximum absolute atomic E-state index is 4.63. The zero-order valence-corrected chi connectivity index (χ0v) is 14.5. The van der Waals surface area contributed by atoms with Crippen molar-refractivity contribution in [1.82, 2.24) is 20.4 Å². The smallest absolute Gasteiger partial charge is 0.191 e. The van der Waals surface area contributed by atoms with E-state index in [4.69, 9.17) is 0 Å². The number of nitrogens with one attached hydrogen (secondary N) is 2. The van der Waals surface area contributed by atoms with Crippen LogP contribution in [-0.2, 0) is 13.1 Å². The number of rotatable bonds is 5. The van der Waals surface area contributed by atoms with Crippen LogP contribution in [0.5, 0.6) is 0 Å². The van der Waals surface area contributed by atoms with Crippen molar-refractivity contribution >= 4 is 5.96 Å². The van der Waals surface area contributed by atoms with E-state index in [9.17, 15) is 0 Å². The van der Waals surface area contributed by atoms with Gasteiger partial charge in [0.2, 0.25) is 0 Å². The van der Waals surface area contributed by atoms with E-state index in [0.29, 0.717) is 6.54 Å². The molecule has 0 saturated heterocycles. The van der Waals surface area contributed by atoms with Crippen LogP contribution in [0.2, 0.25) is 0 Å². The first-order valence-corrected chi connectivity index (χ1v) is 8.08. The van der Waals surface area contributed by atoms with E-state index in [1.54, 1.807) is 0 Å². The van der Waals surface area contributed by atoms with Crippen LogP contribution >= 0.6 is 0 Å². The topological polar surface area (TPSA) is 54.2 Å². The lowest BCUT2D eigenvalue weighted by Crippen LogP contribution is -2.47. The Kier molecular flexibility index (Phi) is 5.79. The molecule has 124 valence electrons. The fourth-order valence-electron chi connectivity index (χ4n) is 2.18. The lowest BCUT2D eigenvalue weighted by atomic mass is 10.1. The molecule has 0 atom stereocenters. The highest BCUT2D eigenvalue weighted by molar-refractivity contribution is 5.80. The Balaban J connectivity index is 1.98. The molecule has 2 aromatic rings. The minimum Gasteiger partial charge on any atom is -0.357 e. The van der Waals surface area contributed by atoms with E-state index < -0.39 is 0 Å². The highest BCUT2D eigenvalue weighted by atomic mass is 15.3. The molecule has 0 amide bonds. The molecule has 5 heteroatoms. The summed E-state index contributed by atoms with van der Waals surface area (Å²) in [5, 5.41) is 11.1. The molecule has 0 aliphatic carbocycles. The minimum absolute atomic E-state index is 0.0154. The summed E-state index contributed by atoms with van der Waals surface area (Å²) in [6.07, 6.45) is 3.93. The van der Waals surface area contributed by atoms with Crippen LogP contribution in [0.25, 0.3) is 0 Å². The molecule has 1 heterocycles. The summed E-state index contributed by atoms with van der Waals surface area (Å²) in [5.41, 5.74) is 2.33. The Hall–Kier alpha value is -2.30. The molecular weight excluding hydrogens is 286 g/mol. The van der Waals surface area contributed by atoms with Gasteiger partial charge in [0.1, 0.15) is 0 Å². The van der Waals surface area contributed by atoms with Gasteiger partial charge in [-0.25, -0.2) is 4.99 Å². The third-order valence-electron chi connectivity index (χ3n) is 3.13. The number of guanidine groups is 1. The number of hydrogen-bond acceptors (Lipinski definition) is 2. The molecule has 0 radical (unpaired) electrons. The predicted molar refractivity (Wildman–Crippen MR) is 95.5 cm³/mol. The highest BCUT2D eigenvalue weighted by Gasteiger charge is 2.11. The normalized spacial score (nSPS) is 12.3. The minimum atomic E-state index is -0.0154. The molecule has 2 rings (SSSR count). The fraction of sp³-hybridized carbons (Fsp3) is 0.444. The lowest BCUT2D eigenvalue weighted by Gasteiger charge is -2.23. The zero-order valence-electron chi connectivity index (χ0n) is 14.5. The van der Waals surface area contributed by atoms with Crippen LogP contribution in [0.3, 0.4) is 0 Å². The quantitative estimate of drug-likeness (QED) is 0.659. The van der Waals surface area contributed by atoms with Gasteiger partial charge in [0.25, 0.3) is 0 Å². The summed E-state index contributed by atoms with van der Waals surface area (Å²) in [4.78, 5) is 4.63. The number of aliphatic imine (C=N–C) groups is 1. The van der Waals surface area contributed by atoms with Gasteiger partial charge >= 0.3 is 0 Å². The molecule has 2 N–H and O–H groups in total. The molecule has 23 heavy (non-hydrogen) atoms. The van der Waals surface area contributed by atoms with Gasteiger partial charge in [0.15, 0.2) is 5.96 Å². The van der Waals surface area contributed by atoms with E-state index in [2.05, 4.69) is 66.7 Å². The van der Waals surface area contributed by atoms with Crippen LogP contribution in [0, 0.1) is 0 Å². The SMILES string of the molecule is CCNC(=NCc1cnn(Cc2ccccc2)c1)NC(C)(C)C. The molecule has 0 unspecified atom stereocenters. The van der Waals surface area contributed by atoms with Crippen LogP contribution in [0.15, 0.2) is 47.7 Å². The summed E-state index contributed by atoms with van der Waals surface area (Å²) in [5.74, 6) is 0.829. The Morgan fingerprint density at radius 1 is 1.17 bits per heavy atom. The van der Waals surface area contributed by atoms with Crippen LogP contribution in [-0.4, -0.2) is 27.8 Å². The van der Waals surface area contributed by atoms with Gasteiger partial charge < -0.3 is 10.6 Å². The predicted octanol–water partition coefficient (Wildman–Crippen LogP) is 2.79. The first-order chi connectivity index (χ1) is 11.0. The maximum atomic E-state index is 4.63. The summed E-state index contributed by atoms with van der Waals surface area (Å²) in [6, 6.07) is 10.3. The van der Waals surface area contributed by atoms with Crippen LogP contribution in [0.1, 0.15) is 38.8 Å². The summed E-state index contributed by atoms with van der Waals surface area (Å²) < 4.78 is 1.95. The van der Waals surface area contributed by atoms with Gasteiger partial charge in [-0.2, -0.15) is 5.10 Å². The molecule has 0 fully saturated rings. The molecular formula is C18H27N5. The Labute approximate surface area is 138 Å². The molecule has 1 aromatic heterocycles. The zero-order chi connectivity index (χ0) is 16.7. The van der Waals surface area contributed by atoms with Crippen molar-refractivity contribution in [2.24, 2.45) is 4.99 Å². The van der Waals surface area contributed by atoms with Crippen LogP contribution in [0.4, 0.5) is 0 Å².